The smallest absolute Gasteiger partial charge is 0.326 e. The van der Waals surface area contributed by atoms with E-state index in [0.717, 1.165) is 23.9 Å². The van der Waals surface area contributed by atoms with Crippen LogP contribution in [-0.4, -0.2) is 92.1 Å². The summed E-state index contributed by atoms with van der Waals surface area (Å²) < 4.78 is 2.64. The van der Waals surface area contributed by atoms with Gasteiger partial charge in [-0.3, -0.25) is 19.1 Å². The minimum absolute atomic E-state index is 0.0224. The number of hydrogen-bond donors (Lipinski definition) is 5. The second-order valence-electron chi connectivity index (χ2n) is 13.9. The van der Waals surface area contributed by atoms with E-state index in [1.165, 1.54) is 5.56 Å². The lowest BCUT2D eigenvalue weighted by atomic mass is 9.89. The van der Waals surface area contributed by atoms with Crippen LogP contribution in [0.3, 0.4) is 0 Å². The van der Waals surface area contributed by atoms with Gasteiger partial charge in [0.05, 0.1) is 20.0 Å². The number of imidazole rings is 1. The van der Waals surface area contributed by atoms with Gasteiger partial charge in [-0.2, -0.15) is 0 Å². The summed E-state index contributed by atoms with van der Waals surface area (Å²) in [5.41, 5.74) is 9.11. The van der Waals surface area contributed by atoms with Gasteiger partial charge in [0.2, 0.25) is 11.8 Å². The lowest BCUT2D eigenvalue weighted by Gasteiger charge is -2.35. The van der Waals surface area contributed by atoms with Gasteiger partial charge in [0, 0.05) is 51.0 Å². The first kappa shape index (κ1) is 38.5. The first-order valence-electron chi connectivity index (χ1n) is 18.2. The minimum Gasteiger partial charge on any atom is -0.506 e. The summed E-state index contributed by atoms with van der Waals surface area (Å²) >= 11 is 6.74. The molecule has 282 valence electrons. The number of fused-ring (bicyclic) bond motifs is 1. The molecular weight excluding hydrogens is 808 g/mol. The standard InChI is InChI=1S/C38H46Br2N8O5/c39-28-21-24(22-29(40)34(28)49)23-32(45-37(52)47-19-12-27(13-20-47)48-33-7-2-1-5-30(33)44-38(48)53)35(50)43-31(6-3-4-14-41)36(51)46-17-10-26(11-18-46)25-8-15-42-16-9-25/h1-2,5,7-9,15-16,21-22,26-27,31-32,49H,3-4,6,10-14,17-20,23,41H2,(H,43,50)(H,44,53)(H,45,52)/t31-,32+/m0/s1. The number of piperidine rings is 2. The molecule has 0 unspecified atom stereocenters. The molecule has 53 heavy (non-hydrogen) atoms. The largest absolute Gasteiger partial charge is 0.506 e. The topological polar surface area (TPSA) is 179 Å². The zero-order valence-electron chi connectivity index (χ0n) is 29.5. The van der Waals surface area contributed by atoms with Crippen LogP contribution in [0.4, 0.5) is 4.79 Å². The van der Waals surface area contributed by atoms with Crippen molar-refractivity contribution in [1.29, 1.82) is 0 Å². The molecule has 0 aliphatic carbocycles. The van der Waals surface area contributed by atoms with Crippen molar-refractivity contribution >= 4 is 60.7 Å². The molecule has 4 aromatic rings. The van der Waals surface area contributed by atoms with Gasteiger partial charge < -0.3 is 36.3 Å². The molecule has 2 aromatic carbocycles. The Bertz CT molecular complexity index is 1930. The number of aromatic amines is 1. The Morgan fingerprint density at radius 2 is 1.57 bits per heavy atom. The molecule has 2 aliphatic rings. The van der Waals surface area contributed by atoms with Gasteiger partial charge in [-0.1, -0.05) is 12.1 Å². The zero-order chi connectivity index (χ0) is 37.5. The molecule has 2 aliphatic heterocycles. The number of phenols is 1. The van der Waals surface area contributed by atoms with Crippen LogP contribution in [0.1, 0.15) is 68.0 Å². The molecule has 0 spiro atoms. The highest BCUT2D eigenvalue weighted by Crippen LogP contribution is 2.34. The first-order valence-corrected chi connectivity index (χ1v) is 19.8. The monoisotopic (exact) mass is 852 g/mol. The Balaban J connectivity index is 1.15. The summed E-state index contributed by atoms with van der Waals surface area (Å²) in [5, 5.41) is 16.3. The highest BCUT2D eigenvalue weighted by molar-refractivity contribution is 9.11. The average molecular weight is 855 g/mol. The summed E-state index contributed by atoms with van der Waals surface area (Å²) in [5.74, 6) is -0.256. The number of hydrogen-bond acceptors (Lipinski definition) is 7. The van der Waals surface area contributed by atoms with Gasteiger partial charge in [0.25, 0.3) is 0 Å². The summed E-state index contributed by atoms with van der Waals surface area (Å²) in [4.78, 5) is 65.3. The number of nitrogens with two attached hydrogens (primary N) is 1. The van der Waals surface area contributed by atoms with Gasteiger partial charge in [-0.25, -0.2) is 9.59 Å². The van der Waals surface area contributed by atoms with Crippen LogP contribution in [0.15, 0.2) is 74.7 Å². The van der Waals surface area contributed by atoms with Gasteiger partial charge in [0.15, 0.2) is 0 Å². The van der Waals surface area contributed by atoms with Gasteiger partial charge in [-0.05, 0) is 137 Å². The lowest BCUT2D eigenvalue weighted by molar-refractivity contribution is -0.138. The Labute approximate surface area is 325 Å². The number of benzene rings is 2. The lowest BCUT2D eigenvalue weighted by Crippen LogP contribution is -2.57. The fourth-order valence-corrected chi connectivity index (χ4v) is 8.78. The third kappa shape index (κ3) is 9.30. The fraction of sp³-hybridized carbons (Fsp3) is 0.447. The molecule has 4 amide bonds. The van der Waals surface area contributed by atoms with Crippen LogP contribution >= 0.6 is 31.9 Å². The molecule has 2 atom stereocenters. The van der Waals surface area contributed by atoms with Crippen LogP contribution in [0.2, 0.25) is 0 Å². The highest BCUT2D eigenvalue weighted by atomic mass is 79.9. The molecule has 2 saturated heterocycles. The number of unbranched alkanes of at least 4 members (excludes halogenated alkanes) is 1. The van der Waals surface area contributed by atoms with Crippen molar-refractivity contribution in [2.75, 3.05) is 32.7 Å². The second-order valence-corrected chi connectivity index (χ2v) is 15.6. The highest BCUT2D eigenvalue weighted by Gasteiger charge is 2.33. The van der Waals surface area contributed by atoms with Crippen LogP contribution < -0.4 is 22.1 Å². The molecule has 0 saturated carbocycles. The molecule has 0 radical (unpaired) electrons. The van der Waals surface area contributed by atoms with Crippen LogP contribution in [0, 0.1) is 0 Å². The number of carbonyl (C=O) groups is 3. The van der Waals surface area contributed by atoms with E-state index in [9.17, 15) is 24.3 Å². The summed E-state index contributed by atoms with van der Waals surface area (Å²) in [6.07, 6.45) is 8.24. The Hall–Kier alpha value is -4.21. The van der Waals surface area contributed by atoms with E-state index in [1.54, 1.807) is 34.0 Å². The number of aromatic nitrogens is 3. The molecule has 2 fully saturated rings. The zero-order valence-corrected chi connectivity index (χ0v) is 32.6. The Kier molecular flexibility index (Phi) is 12.9. The number of H-pyrrole nitrogens is 1. The third-order valence-electron chi connectivity index (χ3n) is 10.4. The van der Waals surface area contributed by atoms with E-state index < -0.39 is 24.0 Å². The number of likely N-dealkylation sites (tertiary alicyclic amines) is 2. The molecule has 6 rings (SSSR count). The van der Waals surface area contributed by atoms with Crippen molar-refractivity contribution in [3.8, 4) is 5.75 Å². The maximum Gasteiger partial charge on any atom is 0.326 e. The number of phenolic OH excluding ortho intramolecular Hbond substituents is 1. The van der Waals surface area contributed by atoms with Crippen molar-refractivity contribution in [1.82, 2.24) is 35.0 Å². The number of amides is 4. The van der Waals surface area contributed by atoms with Crippen LogP contribution in [0.25, 0.3) is 11.0 Å². The number of urea groups is 1. The first-order chi connectivity index (χ1) is 25.6. The van der Waals surface area contributed by atoms with Crippen molar-refractivity contribution in [3.63, 3.8) is 0 Å². The van der Waals surface area contributed by atoms with Gasteiger partial charge in [-0.15, -0.1) is 0 Å². The van der Waals surface area contributed by atoms with E-state index in [4.69, 9.17) is 5.73 Å². The second kappa shape index (κ2) is 17.7. The van der Waals surface area contributed by atoms with E-state index in [0.29, 0.717) is 85.3 Å². The van der Waals surface area contributed by atoms with Crippen molar-refractivity contribution in [2.45, 2.75) is 75.4 Å². The van der Waals surface area contributed by atoms with E-state index >= 15 is 0 Å². The predicted molar refractivity (Wildman–Crippen MR) is 210 cm³/mol. The molecule has 13 nitrogen and oxygen atoms in total. The fourth-order valence-electron chi connectivity index (χ4n) is 7.50. The van der Waals surface area contributed by atoms with Crippen LogP contribution in [-0.2, 0) is 16.0 Å². The third-order valence-corrected chi connectivity index (χ3v) is 11.6. The quantitative estimate of drug-likeness (QED) is 0.126. The summed E-state index contributed by atoms with van der Waals surface area (Å²) in [6, 6.07) is 12.7. The van der Waals surface area contributed by atoms with E-state index in [-0.39, 0.29) is 29.8 Å². The minimum atomic E-state index is -1.03. The average Bonchev–Trinajstić information content (AvgIpc) is 3.52. The summed E-state index contributed by atoms with van der Waals surface area (Å²) in [7, 11) is 0. The van der Waals surface area contributed by atoms with Crippen LogP contribution in [0.5, 0.6) is 5.75 Å². The van der Waals surface area contributed by atoms with Gasteiger partial charge in [0.1, 0.15) is 17.8 Å². The molecule has 15 heteroatoms. The molecular formula is C38H46Br2N8O5. The Morgan fingerprint density at radius 3 is 2.25 bits per heavy atom. The van der Waals surface area contributed by atoms with Crippen molar-refractivity contribution in [2.24, 2.45) is 5.73 Å². The molecule has 6 N–H and O–H groups in total. The number of aromatic hydroxyl groups is 1. The number of halogens is 2. The number of nitrogens with one attached hydrogen (secondary N) is 3. The molecule has 2 aromatic heterocycles. The number of carbonyl (C=O) groups excluding carboxylic acids is 3. The summed E-state index contributed by atoms with van der Waals surface area (Å²) in [6.45, 7) is 2.41. The number of pyridine rings is 1. The van der Waals surface area contributed by atoms with Gasteiger partial charge >= 0.3 is 11.7 Å². The Morgan fingerprint density at radius 1 is 0.906 bits per heavy atom. The predicted octanol–water partition coefficient (Wildman–Crippen LogP) is 4.93. The normalized spacial score (nSPS) is 16.7. The number of rotatable bonds is 12. The van der Waals surface area contributed by atoms with Crippen molar-refractivity contribution < 1.29 is 19.5 Å². The SMILES string of the molecule is NCCCC[C@H](NC(=O)[C@@H](Cc1cc(Br)c(O)c(Br)c1)NC(=O)N1CCC(n2c(=O)[nH]c3ccccc32)CC1)C(=O)N1CCC(c2ccncc2)CC1. The van der Waals surface area contributed by atoms with E-state index in [2.05, 4.69) is 52.5 Å². The number of para-hydroxylation sites is 2. The maximum absolute atomic E-state index is 14.2. The molecule has 4 heterocycles. The number of nitrogens with zero attached hydrogens (tertiary/aromatic N) is 4. The van der Waals surface area contributed by atoms with Crippen molar-refractivity contribution in [3.05, 3.63) is 91.5 Å². The maximum atomic E-state index is 14.2. The van der Waals surface area contributed by atoms with E-state index in [1.807, 2.05) is 41.3 Å². The molecule has 0 bridgehead atoms.